The first-order valence-corrected chi connectivity index (χ1v) is 6.48. The van der Waals surface area contributed by atoms with Crippen molar-refractivity contribution in [1.82, 2.24) is 0 Å². The lowest BCUT2D eigenvalue weighted by molar-refractivity contribution is 0.788. The Labute approximate surface area is 114 Å². The molecule has 0 fully saturated rings. The van der Waals surface area contributed by atoms with Gasteiger partial charge in [0.05, 0.1) is 11.6 Å². The number of benzene rings is 2. The molecule has 2 nitrogen and oxygen atoms in total. The van der Waals surface area contributed by atoms with Gasteiger partial charge in [-0.15, -0.1) is 0 Å². The molecule has 0 radical (unpaired) electrons. The van der Waals surface area contributed by atoms with Gasteiger partial charge in [-0.1, -0.05) is 12.1 Å². The highest BCUT2D eigenvalue weighted by Crippen LogP contribution is 2.28. The maximum atomic E-state index is 8.87. The van der Waals surface area contributed by atoms with Gasteiger partial charge in [-0.05, 0) is 62.7 Å². The van der Waals surface area contributed by atoms with Gasteiger partial charge >= 0.3 is 0 Å². The maximum absolute atomic E-state index is 8.87. The molecule has 2 heteroatoms. The average molecular weight is 250 g/mol. The third kappa shape index (κ3) is 2.95. The molecule has 96 valence electrons. The average Bonchev–Trinajstić information content (AvgIpc) is 2.39. The molecule has 0 aromatic heterocycles. The molecule has 2 rings (SSSR count). The van der Waals surface area contributed by atoms with Gasteiger partial charge < -0.3 is 4.90 Å². The van der Waals surface area contributed by atoms with Crippen molar-refractivity contribution in [2.24, 2.45) is 0 Å². The lowest BCUT2D eigenvalue weighted by atomic mass is 10.1. The zero-order valence-electron chi connectivity index (χ0n) is 11.6. The minimum Gasteiger partial charge on any atom is -0.339 e. The molecule has 2 aromatic rings. The van der Waals surface area contributed by atoms with Gasteiger partial charge in [-0.3, -0.25) is 0 Å². The molecule has 19 heavy (non-hydrogen) atoms. The van der Waals surface area contributed by atoms with E-state index < -0.39 is 0 Å². The van der Waals surface area contributed by atoms with Crippen molar-refractivity contribution < 1.29 is 0 Å². The Hall–Kier alpha value is -2.27. The second-order valence-electron chi connectivity index (χ2n) is 4.96. The molecule has 0 saturated heterocycles. The quantitative estimate of drug-likeness (QED) is 0.806. The Bertz CT molecular complexity index is 591. The first kappa shape index (κ1) is 13.2. The zero-order valence-corrected chi connectivity index (χ0v) is 11.6. The van der Waals surface area contributed by atoms with Crippen LogP contribution in [0.5, 0.6) is 0 Å². The Morgan fingerprint density at radius 1 is 1.00 bits per heavy atom. The number of nitriles is 1. The highest BCUT2D eigenvalue weighted by Gasteiger charge is 2.12. The summed E-state index contributed by atoms with van der Waals surface area (Å²) >= 11 is 0. The standard InChI is InChI=1S/C17H18N2/c1-13(2)19(17-6-4-5-14(3)11-17)16-9-7-15(12-18)8-10-16/h4-11,13H,1-3H3. The molecule has 0 N–H and O–H groups in total. The van der Waals surface area contributed by atoms with Crippen molar-refractivity contribution in [3.63, 3.8) is 0 Å². The number of rotatable bonds is 3. The van der Waals surface area contributed by atoms with Crippen molar-refractivity contribution in [3.05, 3.63) is 59.7 Å². The normalized spacial score (nSPS) is 10.3. The van der Waals surface area contributed by atoms with Crippen molar-refractivity contribution >= 4 is 11.4 Å². The molecule has 0 unspecified atom stereocenters. The maximum Gasteiger partial charge on any atom is 0.0991 e. The molecule has 0 atom stereocenters. The Balaban J connectivity index is 2.43. The van der Waals surface area contributed by atoms with Gasteiger partial charge in [0.2, 0.25) is 0 Å². The minimum atomic E-state index is 0.356. The Morgan fingerprint density at radius 2 is 1.68 bits per heavy atom. The number of aryl methyl sites for hydroxylation is 1. The van der Waals surface area contributed by atoms with Crippen LogP contribution >= 0.6 is 0 Å². The van der Waals surface area contributed by atoms with E-state index in [1.165, 1.54) is 11.3 Å². The molecule has 0 heterocycles. The van der Waals surface area contributed by atoms with Crippen LogP contribution in [0, 0.1) is 18.3 Å². The van der Waals surface area contributed by atoms with Crippen LogP contribution in [0.3, 0.4) is 0 Å². The smallest absolute Gasteiger partial charge is 0.0991 e. The van der Waals surface area contributed by atoms with Crippen LogP contribution in [-0.4, -0.2) is 6.04 Å². The van der Waals surface area contributed by atoms with Crippen LogP contribution in [0.2, 0.25) is 0 Å². The van der Waals surface area contributed by atoms with Gasteiger partial charge in [0.1, 0.15) is 0 Å². The molecule has 0 amide bonds. The fraction of sp³-hybridized carbons (Fsp3) is 0.235. The van der Waals surface area contributed by atoms with Crippen LogP contribution in [0.15, 0.2) is 48.5 Å². The first-order valence-electron chi connectivity index (χ1n) is 6.48. The van der Waals surface area contributed by atoms with Gasteiger partial charge in [0.25, 0.3) is 0 Å². The third-order valence-electron chi connectivity index (χ3n) is 3.07. The summed E-state index contributed by atoms with van der Waals surface area (Å²) in [7, 11) is 0. The molecule has 0 aliphatic heterocycles. The largest absolute Gasteiger partial charge is 0.339 e. The van der Waals surface area contributed by atoms with E-state index in [0.717, 1.165) is 5.69 Å². The summed E-state index contributed by atoms with van der Waals surface area (Å²) in [5, 5.41) is 8.87. The molecule has 0 bridgehead atoms. The minimum absolute atomic E-state index is 0.356. The number of hydrogen-bond donors (Lipinski definition) is 0. The topological polar surface area (TPSA) is 27.0 Å². The van der Waals surface area contributed by atoms with Crippen molar-refractivity contribution in [3.8, 4) is 6.07 Å². The fourth-order valence-corrected chi connectivity index (χ4v) is 2.22. The number of hydrogen-bond acceptors (Lipinski definition) is 2. The van der Waals surface area contributed by atoms with Crippen LogP contribution in [0.1, 0.15) is 25.0 Å². The summed E-state index contributed by atoms with van der Waals surface area (Å²) in [5.74, 6) is 0. The Morgan fingerprint density at radius 3 is 2.21 bits per heavy atom. The van der Waals surface area contributed by atoms with Gasteiger partial charge in [0, 0.05) is 17.4 Å². The van der Waals surface area contributed by atoms with Gasteiger partial charge in [0.15, 0.2) is 0 Å². The van der Waals surface area contributed by atoms with E-state index in [1.807, 2.05) is 24.3 Å². The number of nitrogens with zero attached hydrogens (tertiary/aromatic N) is 2. The predicted molar refractivity (Wildman–Crippen MR) is 79.6 cm³/mol. The van der Waals surface area contributed by atoms with Gasteiger partial charge in [-0.2, -0.15) is 5.26 Å². The highest BCUT2D eigenvalue weighted by atomic mass is 15.2. The van der Waals surface area contributed by atoms with E-state index in [9.17, 15) is 0 Å². The van der Waals surface area contributed by atoms with Crippen LogP contribution < -0.4 is 4.90 Å². The third-order valence-corrected chi connectivity index (χ3v) is 3.07. The highest BCUT2D eigenvalue weighted by molar-refractivity contribution is 5.65. The monoisotopic (exact) mass is 250 g/mol. The summed E-state index contributed by atoms with van der Waals surface area (Å²) in [6.07, 6.45) is 0. The predicted octanol–water partition coefficient (Wildman–Crippen LogP) is 4.41. The van der Waals surface area contributed by atoms with E-state index in [-0.39, 0.29) is 0 Å². The summed E-state index contributed by atoms with van der Waals surface area (Å²) in [4.78, 5) is 2.27. The second kappa shape index (κ2) is 5.58. The van der Waals surface area contributed by atoms with E-state index in [0.29, 0.717) is 11.6 Å². The summed E-state index contributed by atoms with van der Waals surface area (Å²) < 4.78 is 0. The first-order chi connectivity index (χ1) is 9.11. The fourth-order valence-electron chi connectivity index (χ4n) is 2.22. The van der Waals surface area contributed by atoms with Crippen molar-refractivity contribution in [1.29, 1.82) is 5.26 Å². The zero-order chi connectivity index (χ0) is 13.8. The lowest BCUT2D eigenvalue weighted by Gasteiger charge is -2.29. The second-order valence-corrected chi connectivity index (χ2v) is 4.96. The molecule has 2 aromatic carbocycles. The summed E-state index contributed by atoms with van der Waals surface area (Å²) in [5.41, 5.74) is 4.23. The van der Waals surface area contributed by atoms with Crippen LogP contribution in [0.25, 0.3) is 0 Å². The van der Waals surface area contributed by atoms with Crippen LogP contribution in [-0.2, 0) is 0 Å². The Kier molecular flexibility index (Phi) is 3.87. The molecular weight excluding hydrogens is 232 g/mol. The molecule has 0 spiro atoms. The van der Waals surface area contributed by atoms with Crippen LogP contribution in [0.4, 0.5) is 11.4 Å². The molecule has 0 saturated carbocycles. The summed E-state index contributed by atoms with van der Waals surface area (Å²) in [6, 6.07) is 18.7. The van der Waals surface area contributed by atoms with E-state index in [4.69, 9.17) is 5.26 Å². The number of anilines is 2. The molecule has 0 aliphatic carbocycles. The van der Waals surface area contributed by atoms with Gasteiger partial charge in [-0.25, -0.2) is 0 Å². The van der Waals surface area contributed by atoms with Crippen molar-refractivity contribution in [2.45, 2.75) is 26.8 Å². The lowest BCUT2D eigenvalue weighted by Crippen LogP contribution is -2.25. The summed E-state index contributed by atoms with van der Waals surface area (Å²) in [6.45, 7) is 6.43. The van der Waals surface area contributed by atoms with E-state index >= 15 is 0 Å². The SMILES string of the molecule is Cc1cccc(N(c2ccc(C#N)cc2)C(C)C)c1. The van der Waals surface area contributed by atoms with E-state index in [2.05, 4.69) is 56.0 Å². The van der Waals surface area contributed by atoms with E-state index in [1.54, 1.807) is 0 Å². The van der Waals surface area contributed by atoms with Crippen molar-refractivity contribution in [2.75, 3.05) is 4.90 Å². The molecule has 0 aliphatic rings. The molecular formula is C17H18N2.